The number of fused-ring (bicyclic) bond motifs is 1. The Morgan fingerprint density at radius 1 is 0.967 bits per heavy atom. The van der Waals surface area contributed by atoms with Crippen LogP contribution in [0.5, 0.6) is 0 Å². The maximum absolute atomic E-state index is 13.4. The van der Waals surface area contributed by atoms with Crippen molar-refractivity contribution in [3.63, 3.8) is 0 Å². The third-order valence-corrected chi connectivity index (χ3v) is 7.39. The van der Waals surface area contributed by atoms with Gasteiger partial charge >= 0.3 is 5.69 Å². The van der Waals surface area contributed by atoms with Crippen molar-refractivity contribution in [3.8, 4) is 0 Å². The van der Waals surface area contributed by atoms with E-state index in [-0.39, 0.29) is 11.6 Å². The number of benzene rings is 1. The maximum atomic E-state index is 13.4. The molecule has 2 aromatic rings. The lowest BCUT2D eigenvalue weighted by atomic mass is 9.95. The largest absolute Gasteiger partial charge is 0.336 e. The SMILES string of the molecule is CCN1CCN(C(=O)c2ccc3c(c2)n(CC2CC2)c(=O)n3C2CCCCC2)CC1. The van der Waals surface area contributed by atoms with E-state index in [0.717, 1.165) is 68.7 Å². The van der Waals surface area contributed by atoms with Gasteiger partial charge in [0.2, 0.25) is 0 Å². The van der Waals surface area contributed by atoms with Crippen molar-refractivity contribution in [2.45, 2.75) is 64.5 Å². The number of amides is 1. The molecule has 1 saturated heterocycles. The van der Waals surface area contributed by atoms with Gasteiger partial charge in [-0.1, -0.05) is 26.2 Å². The number of aromatic nitrogens is 2. The zero-order chi connectivity index (χ0) is 20.7. The molecule has 30 heavy (non-hydrogen) atoms. The van der Waals surface area contributed by atoms with Crippen molar-refractivity contribution in [3.05, 3.63) is 34.2 Å². The lowest BCUT2D eigenvalue weighted by molar-refractivity contribution is 0.0643. The predicted molar refractivity (Wildman–Crippen MR) is 119 cm³/mol. The molecule has 0 N–H and O–H groups in total. The van der Waals surface area contributed by atoms with Crippen LogP contribution in [-0.2, 0) is 6.54 Å². The Kier molecular flexibility index (Phi) is 5.44. The minimum absolute atomic E-state index is 0.100. The van der Waals surface area contributed by atoms with Crippen LogP contribution in [0.15, 0.2) is 23.0 Å². The molecule has 3 fully saturated rings. The van der Waals surface area contributed by atoms with E-state index in [1.165, 1.54) is 32.1 Å². The second-order valence-corrected chi connectivity index (χ2v) is 9.43. The summed E-state index contributed by atoms with van der Waals surface area (Å²) in [5.74, 6) is 0.720. The molecule has 3 aliphatic rings. The van der Waals surface area contributed by atoms with Gasteiger partial charge in [-0.15, -0.1) is 0 Å². The number of piperazine rings is 1. The first kappa shape index (κ1) is 19.9. The van der Waals surface area contributed by atoms with E-state index in [1.54, 1.807) is 0 Å². The zero-order valence-corrected chi connectivity index (χ0v) is 18.2. The van der Waals surface area contributed by atoms with Gasteiger partial charge in [0.05, 0.1) is 11.0 Å². The van der Waals surface area contributed by atoms with Crippen molar-refractivity contribution in [2.24, 2.45) is 5.92 Å². The van der Waals surface area contributed by atoms with E-state index < -0.39 is 0 Å². The molecule has 0 spiro atoms. The van der Waals surface area contributed by atoms with Gasteiger partial charge in [-0.05, 0) is 56.3 Å². The number of rotatable bonds is 5. The van der Waals surface area contributed by atoms with Crippen LogP contribution in [0.2, 0.25) is 0 Å². The number of imidazole rings is 1. The molecule has 1 aliphatic heterocycles. The number of hydrogen-bond acceptors (Lipinski definition) is 3. The molecule has 0 atom stereocenters. The van der Waals surface area contributed by atoms with Gasteiger partial charge in [-0.3, -0.25) is 13.9 Å². The van der Waals surface area contributed by atoms with Gasteiger partial charge in [0.25, 0.3) is 5.91 Å². The van der Waals surface area contributed by atoms with Gasteiger partial charge in [-0.25, -0.2) is 4.79 Å². The van der Waals surface area contributed by atoms with Crippen LogP contribution < -0.4 is 5.69 Å². The van der Waals surface area contributed by atoms with E-state index in [0.29, 0.717) is 12.0 Å². The average molecular weight is 411 g/mol. The van der Waals surface area contributed by atoms with Crippen LogP contribution in [0, 0.1) is 5.92 Å². The Morgan fingerprint density at radius 2 is 1.70 bits per heavy atom. The Bertz CT molecular complexity index is 973. The Balaban J connectivity index is 1.49. The molecule has 5 rings (SSSR count). The van der Waals surface area contributed by atoms with Crippen molar-refractivity contribution in [1.82, 2.24) is 18.9 Å². The highest BCUT2D eigenvalue weighted by molar-refractivity contribution is 5.97. The average Bonchev–Trinajstić information content (AvgIpc) is 3.58. The normalized spacial score (nSPS) is 21.4. The highest BCUT2D eigenvalue weighted by Crippen LogP contribution is 2.34. The zero-order valence-electron chi connectivity index (χ0n) is 18.2. The third kappa shape index (κ3) is 3.70. The molecule has 162 valence electrons. The summed E-state index contributed by atoms with van der Waals surface area (Å²) < 4.78 is 4.01. The summed E-state index contributed by atoms with van der Waals surface area (Å²) >= 11 is 0. The van der Waals surface area contributed by atoms with Crippen molar-refractivity contribution < 1.29 is 4.79 Å². The number of carbonyl (C=O) groups is 1. The summed E-state index contributed by atoms with van der Waals surface area (Å²) in [6, 6.07) is 6.27. The van der Waals surface area contributed by atoms with E-state index >= 15 is 0 Å². The molecule has 2 heterocycles. The highest BCUT2D eigenvalue weighted by Gasteiger charge is 2.28. The molecular formula is C24H34N4O2. The molecule has 1 aromatic heterocycles. The molecule has 0 radical (unpaired) electrons. The fraction of sp³-hybridized carbons (Fsp3) is 0.667. The molecule has 6 nitrogen and oxygen atoms in total. The summed E-state index contributed by atoms with van der Waals surface area (Å²) in [5, 5.41) is 0. The fourth-order valence-corrected chi connectivity index (χ4v) is 5.29. The Morgan fingerprint density at radius 3 is 2.37 bits per heavy atom. The molecule has 2 aliphatic carbocycles. The predicted octanol–water partition coefficient (Wildman–Crippen LogP) is 3.50. The molecule has 1 amide bonds. The van der Waals surface area contributed by atoms with Gasteiger partial charge < -0.3 is 9.80 Å². The first-order chi connectivity index (χ1) is 14.7. The van der Waals surface area contributed by atoms with Crippen LogP contribution >= 0.6 is 0 Å². The van der Waals surface area contributed by atoms with Crippen LogP contribution in [-0.4, -0.2) is 57.6 Å². The van der Waals surface area contributed by atoms with Crippen LogP contribution in [0.3, 0.4) is 0 Å². The van der Waals surface area contributed by atoms with Crippen molar-refractivity contribution in [1.29, 1.82) is 0 Å². The van der Waals surface area contributed by atoms with E-state index in [9.17, 15) is 9.59 Å². The number of carbonyl (C=O) groups excluding carboxylic acids is 1. The molecule has 1 aromatic carbocycles. The van der Waals surface area contributed by atoms with Crippen molar-refractivity contribution in [2.75, 3.05) is 32.7 Å². The van der Waals surface area contributed by atoms with Gasteiger partial charge in [0.15, 0.2) is 0 Å². The Labute approximate surface area is 178 Å². The van der Waals surface area contributed by atoms with Gasteiger partial charge in [0.1, 0.15) is 0 Å². The van der Waals surface area contributed by atoms with Crippen molar-refractivity contribution >= 4 is 16.9 Å². The van der Waals surface area contributed by atoms with Crippen LogP contribution in [0.1, 0.15) is 68.3 Å². The molecule has 6 heteroatoms. The summed E-state index contributed by atoms with van der Waals surface area (Å²) in [6.07, 6.45) is 8.27. The molecule has 2 saturated carbocycles. The van der Waals surface area contributed by atoms with Crippen LogP contribution in [0.25, 0.3) is 11.0 Å². The lowest BCUT2D eigenvalue weighted by Gasteiger charge is -2.34. The minimum atomic E-state index is 0.100. The van der Waals surface area contributed by atoms with Gasteiger partial charge in [0, 0.05) is 44.3 Å². The standard InChI is InChI=1S/C24H34N4O2/c1-2-25-12-14-26(15-13-25)23(29)19-10-11-21-22(16-19)27(17-18-8-9-18)24(30)28(21)20-6-4-3-5-7-20/h10-11,16,18,20H,2-9,12-15,17H2,1H3. The van der Waals surface area contributed by atoms with E-state index in [2.05, 4.69) is 11.8 Å². The van der Waals surface area contributed by atoms with Crippen LogP contribution in [0.4, 0.5) is 0 Å². The number of hydrogen-bond donors (Lipinski definition) is 0. The molecule has 0 bridgehead atoms. The monoisotopic (exact) mass is 410 g/mol. The summed E-state index contributed by atoms with van der Waals surface area (Å²) in [5.41, 5.74) is 2.82. The first-order valence-corrected chi connectivity index (χ1v) is 11.9. The van der Waals surface area contributed by atoms with E-state index in [1.807, 2.05) is 32.2 Å². The minimum Gasteiger partial charge on any atom is -0.336 e. The summed E-state index contributed by atoms with van der Waals surface area (Å²) in [6.45, 7) is 7.44. The Hall–Kier alpha value is -2.08. The number of nitrogens with zero attached hydrogens (tertiary/aromatic N) is 4. The topological polar surface area (TPSA) is 50.5 Å². The number of likely N-dealkylation sites (N-methyl/N-ethyl adjacent to an activating group) is 1. The van der Waals surface area contributed by atoms with E-state index in [4.69, 9.17) is 0 Å². The summed E-state index contributed by atoms with van der Waals surface area (Å²) in [4.78, 5) is 31.0. The lowest BCUT2D eigenvalue weighted by Crippen LogP contribution is -2.48. The fourth-order valence-electron chi connectivity index (χ4n) is 5.29. The smallest absolute Gasteiger partial charge is 0.329 e. The molecular weight excluding hydrogens is 376 g/mol. The molecule has 0 unspecified atom stereocenters. The third-order valence-electron chi connectivity index (χ3n) is 7.39. The second-order valence-electron chi connectivity index (χ2n) is 9.43. The maximum Gasteiger partial charge on any atom is 0.329 e. The first-order valence-electron chi connectivity index (χ1n) is 11.9. The van der Waals surface area contributed by atoms with Gasteiger partial charge in [-0.2, -0.15) is 0 Å². The quantitative estimate of drug-likeness (QED) is 0.758. The summed E-state index contributed by atoms with van der Waals surface area (Å²) in [7, 11) is 0. The highest BCUT2D eigenvalue weighted by atomic mass is 16.2. The second kappa shape index (κ2) is 8.22.